The smallest absolute Gasteiger partial charge is 0.0780 e. The van der Waals surface area contributed by atoms with Crippen LogP contribution in [0.15, 0.2) is 30.8 Å². The van der Waals surface area contributed by atoms with Crippen LogP contribution in [0.1, 0.15) is 75.3 Å². The minimum Gasteiger partial charge on any atom is -0.331 e. The van der Waals surface area contributed by atoms with E-state index in [4.69, 9.17) is 0 Å². The molecular weight excluding hydrogens is 290 g/mol. The van der Waals surface area contributed by atoms with Crippen molar-refractivity contribution in [3.8, 4) is 0 Å². The van der Waals surface area contributed by atoms with Gasteiger partial charge in [-0.05, 0) is 36.8 Å². The van der Waals surface area contributed by atoms with E-state index in [2.05, 4.69) is 52.0 Å². The zero-order valence-corrected chi connectivity index (χ0v) is 16.5. The van der Waals surface area contributed by atoms with Gasteiger partial charge < -0.3 is 4.48 Å². The maximum atomic E-state index is 3.80. The number of aryl methyl sites for hydroxylation is 1. The predicted molar refractivity (Wildman–Crippen MR) is 109 cm³/mol. The Morgan fingerprint density at radius 2 is 1.17 bits per heavy atom. The van der Waals surface area contributed by atoms with Crippen molar-refractivity contribution in [2.75, 3.05) is 27.7 Å². The molecule has 0 aliphatic rings. The van der Waals surface area contributed by atoms with Crippen molar-refractivity contribution in [3.63, 3.8) is 0 Å². The van der Waals surface area contributed by atoms with Crippen LogP contribution in [-0.2, 0) is 6.42 Å². The van der Waals surface area contributed by atoms with Crippen LogP contribution in [-0.4, -0.2) is 32.2 Å². The highest BCUT2D eigenvalue weighted by atomic mass is 15.3. The maximum absolute atomic E-state index is 3.80. The number of nitrogens with zero attached hydrogens (tertiary/aromatic N) is 1. The summed E-state index contributed by atoms with van der Waals surface area (Å²) in [7, 11) is 6.86. The Labute approximate surface area is 151 Å². The Hall–Kier alpha value is -1.08. The molecule has 1 rings (SSSR count). The summed E-state index contributed by atoms with van der Waals surface area (Å²) in [5, 5.41) is 0. The summed E-state index contributed by atoms with van der Waals surface area (Å²) >= 11 is 0. The summed E-state index contributed by atoms with van der Waals surface area (Å²) in [6.07, 6.45) is 17.2. The zero-order valence-electron chi connectivity index (χ0n) is 16.5. The average molecular weight is 331 g/mol. The molecular formula is C23H40N+. The van der Waals surface area contributed by atoms with Crippen LogP contribution < -0.4 is 0 Å². The van der Waals surface area contributed by atoms with E-state index < -0.39 is 0 Å². The summed E-state index contributed by atoms with van der Waals surface area (Å²) in [5.74, 6) is 0. The van der Waals surface area contributed by atoms with Crippen molar-refractivity contribution >= 4 is 6.08 Å². The van der Waals surface area contributed by atoms with Crippen LogP contribution in [0.25, 0.3) is 6.08 Å². The van der Waals surface area contributed by atoms with E-state index in [9.17, 15) is 0 Å². The highest BCUT2D eigenvalue weighted by Crippen LogP contribution is 2.13. The first-order valence-electron chi connectivity index (χ1n) is 10.0. The van der Waals surface area contributed by atoms with Crippen molar-refractivity contribution in [2.24, 2.45) is 0 Å². The van der Waals surface area contributed by atoms with Gasteiger partial charge in [-0.15, -0.1) is 0 Å². The van der Waals surface area contributed by atoms with Gasteiger partial charge in [-0.1, -0.05) is 81.9 Å². The Kier molecular flexibility index (Phi) is 10.7. The third kappa shape index (κ3) is 11.5. The van der Waals surface area contributed by atoms with Gasteiger partial charge in [0.05, 0.1) is 27.7 Å². The third-order valence-corrected chi connectivity index (χ3v) is 4.76. The van der Waals surface area contributed by atoms with Gasteiger partial charge in [-0.3, -0.25) is 0 Å². The largest absolute Gasteiger partial charge is 0.331 e. The summed E-state index contributed by atoms with van der Waals surface area (Å²) in [4.78, 5) is 0. The molecule has 0 atom stereocenters. The normalized spacial score (nSPS) is 11.6. The second-order valence-corrected chi connectivity index (χ2v) is 8.25. The number of hydrogen-bond acceptors (Lipinski definition) is 0. The van der Waals surface area contributed by atoms with Crippen LogP contribution in [0.5, 0.6) is 0 Å². The van der Waals surface area contributed by atoms with Crippen LogP contribution in [0.2, 0.25) is 0 Å². The van der Waals surface area contributed by atoms with Crippen molar-refractivity contribution in [1.82, 2.24) is 0 Å². The number of benzene rings is 1. The van der Waals surface area contributed by atoms with Crippen molar-refractivity contribution in [3.05, 3.63) is 42.0 Å². The summed E-state index contributed by atoms with van der Waals surface area (Å²) in [5.41, 5.74) is 2.69. The van der Waals surface area contributed by atoms with Gasteiger partial charge in [-0.25, -0.2) is 0 Å². The van der Waals surface area contributed by atoms with Gasteiger partial charge >= 0.3 is 0 Å². The summed E-state index contributed by atoms with van der Waals surface area (Å²) in [6.45, 7) is 5.12. The summed E-state index contributed by atoms with van der Waals surface area (Å²) < 4.78 is 1.11. The lowest BCUT2D eigenvalue weighted by molar-refractivity contribution is -0.870. The fraction of sp³-hybridized carbons (Fsp3) is 0.652. The molecule has 0 unspecified atom stereocenters. The molecule has 0 aromatic heterocycles. The van der Waals surface area contributed by atoms with E-state index in [-0.39, 0.29) is 0 Å². The molecule has 136 valence electrons. The topological polar surface area (TPSA) is 0 Å². The lowest BCUT2D eigenvalue weighted by atomic mass is 10.0. The molecule has 0 saturated carbocycles. The molecule has 0 radical (unpaired) electrons. The van der Waals surface area contributed by atoms with Crippen molar-refractivity contribution < 1.29 is 4.48 Å². The highest BCUT2D eigenvalue weighted by Gasteiger charge is 2.04. The van der Waals surface area contributed by atoms with Crippen LogP contribution >= 0.6 is 0 Å². The SMILES string of the molecule is C=Cc1ccc(CCCCCCCCCCCC[N+](C)(C)C)cc1. The van der Waals surface area contributed by atoms with Gasteiger partial charge in [0, 0.05) is 0 Å². The summed E-state index contributed by atoms with van der Waals surface area (Å²) in [6, 6.07) is 8.83. The predicted octanol–water partition coefficient (Wildman–Crippen LogP) is 6.48. The molecule has 0 saturated heterocycles. The quantitative estimate of drug-likeness (QED) is 0.270. The second kappa shape index (κ2) is 12.3. The Morgan fingerprint density at radius 3 is 1.62 bits per heavy atom. The molecule has 0 spiro atoms. The molecule has 0 aliphatic carbocycles. The molecule has 0 heterocycles. The van der Waals surface area contributed by atoms with Crippen LogP contribution in [0.4, 0.5) is 0 Å². The minimum atomic E-state index is 1.11. The minimum absolute atomic E-state index is 1.11. The first kappa shape index (κ1) is 21.0. The zero-order chi connectivity index (χ0) is 17.7. The maximum Gasteiger partial charge on any atom is 0.0780 e. The van der Waals surface area contributed by atoms with E-state index in [0.717, 1.165) is 4.48 Å². The molecule has 1 aromatic rings. The molecule has 0 bridgehead atoms. The first-order chi connectivity index (χ1) is 11.5. The number of hydrogen-bond donors (Lipinski definition) is 0. The monoisotopic (exact) mass is 330 g/mol. The Bertz CT molecular complexity index is 424. The van der Waals surface area contributed by atoms with Gasteiger partial charge in [0.2, 0.25) is 0 Å². The van der Waals surface area contributed by atoms with E-state index in [0.29, 0.717) is 0 Å². The standard InChI is InChI=1S/C23H40N/c1-5-22-17-19-23(20-18-22)16-14-12-10-8-6-7-9-11-13-15-21-24(2,3)4/h5,17-20H,1,6-16,21H2,2-4H3/q+1. The lowest BCUT2D eigenvalue weighted by Gasteiger charge is -2.23. The Balaban J connectivity index is 1.86. The van der Waals surface area contributed by atoms with Gasteiger partial charge in [0.1, 0.15) is 0 Å². The first-order valence-corrected chi connectivity index (χ1v) is 10.0. The molecule has 0 fully saturated rings. The average Bonchev–Trinajstić information content (AvgIpc) is 2.55. The molecule has 24 heavy (non-hydrogen) atoms. The Morgan fingerprint density at radius 1 is 0.708 bits per heavy atom. The molecule has 0 amide bonds. The van der Waals surface area contributed by atoms with E-state index in [1.165, 1.54) is 88.3 Å². The molecule has 1 nitrogen and oxygen atoms in total. The molecule has 1 heteroatoms. The molecule has 0 aliphatic heterocycles. The lowest BCUT2D eigenvalue weighted by Crippen LogP contribution is -2.35. The van der Waals surface area contributed by atoms with Gasteiger partial charge in [0.25, 0.3) is 0 Å². The highest BCUT2D eigenvalue weighted by molar-refractivity contribution is 5.47. The van der Waals surface area contributed by atoms with Crippen molar-refractivity contribution in [2.45, 2.75) is 70.6 Å². The molecule has 1 aromatic carbocycles. The third-order valence-electron chi connectivity index (χ3n) is 4.76. The number of rotatable bonds is 14. The van der Waals surface area contributed by atoms with E-state index >= 15 is 0 Å². The van der Waals surface area contributed by atoms with Crippen LogP contribution in [0, 0.1) is 0 Å². The molecule has 0 N–H and O–H groups in total. The van der Waals surface area contributed by atoms with Gasteiger partial charge in [0.15, 0.2) is 0 Å². The number of quaternary nitrogens is 1. The van der Waals surface area contributed by atoms with Crippen molar-refractivity contribution in [1.29, 1.82) is 0 Å². The van der Waals surface area contributed by atoms with Crippen LogP contribution in [0.3, 0.4) is 0 Å². The fourth-order valence-corrected chi connectivity index (χ4v) is 3.15. The van der Waals surface area contributed by atoms with E-state index in [1.807, 2.05) is 6.08 Å². The number of unbranched alkanes of at least 4 members (excludes halogenated alkanes) is 9. The fourth-order valence-electron chi connectivity index (χ4n) is 3.15. The van der Waals surface area contributed by atoms with Gasteiger partial charge in [-0.2, -0.15) is 0 Å². The van der Waals surface area contributed by atoms with E-state index in [1.54, 1.807) is 0 Å². The second-order valence-electron chi connectivity index (χ2n) is 8.25.